The molecular weight excluding hydrogens is 664 g/mol. The zero-order valence-corrected chi connectivity index (χ0v) is 33.2. The molecule has 0 aromatic carbocycles. The van der Waals surface area contributed by atoms with E-state index in [1.165, 1.54) is 14.0 Å². The van der Waals surface area contributed by atoms with E-state index in [1.807, 2.05) is 39.8 Å². The van der Waals surface area contributed by atoms with Gasteiger partial charge in [-0.15, -0.1) is 0 Å². The van der Waals surface area contributed by atoms with Crippen LogP contribution < -0.4 is 5.32 Å². The summed E-state index contributed by atoms with van der Waals surface area (Å²) >= 11 is 0. The zero-order chi connectivity index (χ0) is 38.8. The molecule has 3 saturated heterocycles. The van der Waals surface area contributed by atoms with Crippen molar-refractivity contribution in [3.05, 3.63) is 0 Å². The molecule has 3 aliphatic heterocycles. The number of aliphatic hydroxyl groups is 5. The monoisotopic (exact) mass is 734 g/mol. The number of methoxy groups -OCH3 is 1. The van der Waals surface area contributed by atoms with Crippen LogP contribution in [0, 0.1) is 17.8 Å². The number of hydrogen-bond donors (Lipinski definition) is 6. The molecule has 0 radical (unpaired) electrons. The van der Waals surface area contributed by atoms with Crippen molar-refractivity contribution in [2.24, 2.45) is 17.8 Å². The summed E-state index contributed by atoms with van der Waals surface area (Å²) in [5.41, 5.74) is -4.48. The number of ether oxygens (including phenoxy) is 6. The lowest BCUT2D eigenvalue weighted by molar-refractivity contribution is -0.314. The summed E-state index contributed by atoms with van der Waals surface area (Å²) in [4.78, 5) is 15.0. The normalized spacial score (nSPS) is 50.1. The van der Waals surface area contributed by atoms with Crippen molar-refractivity contribution in [1.82, 2.24) is 10.2 Å². The highest BCUT2D eigenvalue weighted by molar-refractivity contribution is 5.91. The molecular formula is C37H70N2O12. The SMILES string of the molecule is CC[C@H]1OC(O)[C@H](C)[C@@H](O[C@H]2C[C@@](C)(OC)C(=O)[C@H](C)O2)[C@H](C)[C@@H](O[C@@H]2O[C@H](C)C[C@H](N(C)C)[C@H]2O)[C@](C)(O)C[C@@H](C)CN[C@H](C)[C@@H](O)[C@]1(C)O. The van der Waals surface area contributed by atoms with E-state index in [1.54, 1.807) is 41.5 Å². The molecule has 0 saturated carbocycles. The maximum Gasteiger partial charge on any atom is 0.192 e. The topological polar surface area (TPSA) is 189 Å². The van der Waals surface area contributed by atoms with Gasteiger partial charge in [0.05, 0.1) is 36.1 Å². The van der Waals surface area contributed by atoms with E-state index in [2.05, 4.69) is 5.32 Å². The number of rotatable bonds is 7. The van der Waals surface area contributed by atoms with Gasteiger partial charge in [-0.25, -0.2) is 0 Å². The number of carbonyl (C=O) groups is 1. The van der Waals surface area contributed by atoms with Gasteiger partial charge in [-0.1, -0.05) is 27.7 Å². The third kappa shape index (κ3) is 10.3. The van der Waals surface area contributed by atoms with Gasteiger partial charge in [0.15, 0.2) is 24.7 Å². The molecule has 300 valence electrons. The van der Waals surface area contributed by atoms with E-state index in [0.717, 1.165) is 0 Å². The largest absolute Gasteiger partial charge is 0.388 e. The van der Waals surface area contributed by atoms with E-state index >= 15 is 0 Å². The fourth-order valence-corrected chi connectivity index (χ4v) is 8.35. The number of ketones is 1. The second kappa shape index (κ2) is 17.7. The smallest absolute Gasteiger partial charge is 0.192 e. The van der Waals surface area contributed by atoms with Crippen LogP contribution in [0.1, 0.15) is 94.9 Å². The van der Waals surface area contributed by atoms with Gasteiger partial charge in [0.25, 0.3) is 0 Å². The molecule has 51 heavy (non-hydrogen) atoms. The molecule has 18 atom stereocenters. The third-order valence-corrected chi connectivity index (χ3v) is 11.6. The van der Waals surface area contributed by atoms with Gasteiger partial charge in [0.1, 0.15) is 23.4 Å². The Morgan fingerprint density at radius 2 is 1.55 bits per heavy atom. The molecule has 1 unspecified atom stereocenters. The van der Waals surface area contributed by atoms with Crippen LogP contribution in [0.4, 0.5) is 0 Å². The fourth-order valence-electron chi connectivity index (χ4n) is 8.35. The summed E-state index contributed by atoms with van der Waals surface area (Å²) < 4.78 is 37.5. The summed E-state index contributed by atoms with van der Waals surface area (Å²) in [6.45, 7) is 17.9. The maximum atomic E-state index is 13.0. The van der Waals surface area contributed by atoms with Crippen LogP contribution in [0.25, 0.3) is 0 Å². The molecule has 14 nitrogen and oxygen atoms in total. The highest BCUT2D eigenvalue weighted by atomic mass is 16.7. The summed E-state index contributed by atoms with van der Waals surface area (Å²) in [5.74, 6) is -1.92. The first-order valence-corrected chi connectivity index (χ1v) is 18.8. The number of nitrogens with one attached hydrogen (secondary N) is 1. The lowest BCUT2D eigenvalue weighted by atomic mass is 9.77. The van der Waals surface area contributed by atoms with Crippen LogP contribution >= 0.6 is 0 Å². The predicted octanol–water partition coefficient (Wildman–Crippen LogP) is 1.56. The Bertz CT molecular complexity index is 1110. The molecule has 0 amide bonds. The molecule has 14 heteroatoms. The van der Waals surface area contributed by atoms with Crippen LogP contribution in [0.15, 0.2) is 0 Å². The number of carbonyl (C=O) groups excluding carboxylic acids is 1. The molecule has 0 spiro atoms. The molecule has 6 N–H and O–H groups in total. The van der Waals surface area contributed by atoms with Gasteiger partial charge >= 0.3 is 0 Å². The van der Waals surface area contributed by atoms with Crippen LogP contribution in [0.3, 0.4) is 0 Å². The van der Waals surface area contributed by atoms with Gasteiger partial charge in [0.2, 0.25) is 0 Å². The zero-order valence-electron chi connectivity index (χ0n) is 33.2. The molecule has 3 fully saturated rings. The lowest BCUT2D eigenvalue weighted by Crippen LogP contribution is -2.60. The summed E-state index contributed by atoms with van der Waals surface area (Å²) in [6, 6.07) is -0.830. The van der Waals surface area contributed by atoms with Crippen LogP contribution in [-0.2, 0) is 33.2 Å². The van der Waals surface area contributed by atoms with E-state index in [9.17, 15) is 30.3 Å². The molecule has 0 bridgehead atoms. The molecule has 3 rings (SSSR count). The van der Waals surface area contributed by atoms with Gasteiger partial charge in [-0.3, -0.25) is 4.79 Å². The van der Waals surface area contributed by atoms with Crippen molar-refractivity contribution in [3.63, 3.8) is 0 Å². The average Bonchev–Trinajstić information content (AvgIpc) is 3.05. The lowest BCUT2D eigenvalue weighted by Gasteiger charge is -2.48. The second-order valence-corrected chi connectivity index (χ2v) is 16.6. The van der Waals surface area contributed by atoms with Gasteiger partial charge in [-0.2, -0.15) is 0 Å². The molecule has 0 aromatic heterocycles. The van der Waals surface area contributed by atoms with Gasteiger partial charge in [-0.05, 0) is 87.4 Å². The van der Waals surface area contributed by atoms with E-state index in [-0.39, 0.29) is 43.1 Å². The Kier molecular flexibility index (Phi) is 15.5. The number of likely N-dealkylation sites (N-methyl/N-ethyl adjacent to an activating group) is 1. The summed E-state index contributed by atoms with van der Waals surface area (Å²) in [6.07, 6.45) is -8.75. The first-order valence-electron chi connectivity index (χ1n) is 18.8. The Morgan fingerprint density at radius 1 is 0.922 bits per heavy atom. The van der Waals surface area contributed by atoms with Gasteiger partial charge in [0, 0.05) is 37.5 Å². The fraction of sp³-hybridized carbons (Fsp3) is 0.973. The van der Waals surface area contributed by atoms with Crippen molar-refractivity contribution in [3.8, 4) is 0 Å². The molecule has 0 aromatic rings. The standard InChI is InChI=1S/C37H70N2O12/c1-14-26-37(10,45)30(41)23(6)38-18-19(2)16-35(8,44)32(51-34-28(40)25(39(11)12)15-20(3)47-34)21(4)29(22(5)33(43)49-26)50-27-17-36(9,46-13)31(42)24(7)48-27/h19-30,32-34,38,40-41,43-45H,14-18H2,1-13H3/t19-,20-,21+,22-,23-,24+,25+,26-,27+,28-,29+,30-,32-,33?,34+,35-,36-,37-/m1/s1. The molecule has 3 heterocycles. The number of hydrogen-bond acceptors (Lipinski definition) is 14. The Labute approximate surface area is 305 Å². The number of aliphatic hydroxyl groups excluding tert-OH is 3. The molecule has 0 aliphatic carbocycles. The highest BCUT2D eigenvalue weighted by Gasteiger charge is 2.52. The Balaban J connectivity index is 2.15. The minimum Gasteiger partial charge on any atom is -0.388 e. The minimum absolute atomic E-state index is 0.0625. The first kappa shape index (κ1) is 44.5. The van der Waals surface area contributed by atoms with E-state index in [0.29, 0.717) is 13.0 Å². The Morgan fingerprint density at radius 3 is 2.12 bits per heavy atom. The molecule has 3 aliphatic rings. The van der Waals surface area contributed by atoms with Crippen LogP contribution in [0.2, 0.25) is 0 Å². The predicted molar refractivity (Wildman–Crippen MR) is 190 cm³/mol. The third-order valence-electron chi connectivity index (χ3n) is 11.6. The van der Waals surface area contributed by atoms with Crippen LogP contribution in [-0.4, -0.2) is 154 Å². The van der Waals surface area contributed by atoms with Crippen molar-refractivity contribution in [2.75, 3.05) is 27.7 Å². The van der Waals surface area contributed by atoms with Crippen molar-refractivity contribution >= 4 is 5.78 Å². The Hall–Kier alpha value is -0.850. The second-order valence-electron chi connectivity index (χ2n) is 16.6. The average molecular weight is 735 g/mol. The summed E-state index contributed by atoms with van der Waals surface area (Å²) in [7, 11) is 5.23. The van der Waals surface area contributed by atoms with Gasteiger partial charge < -0.3 is 64.2 Å². The number of Topliss-reactive ketones (excluding diaryl/α,β-unsaturated/α-hetero) is 1. The highest BCUT2D eigenvalue weighted by Crippen LogP contribution is 2.39. The van der Waals surface area contributed by atoms with Crippen molar-refractivity contribution in [1.29, 1.82) is 0 Å². The minimum atomic E-state index is -1.75. The summed E-state index contributed by atoms with van der Waals surface area (Å²) in [5, 5.41) is 61.9. The van der Waals surface area contributed by atoms with Crippen LogP contribution in [0.5, 0.6) is 0 Å². The number of nitrogens with zero attached hydrogens (tertiary/aromatic N) is 1. The van der Waals surface area contributed by atoms with E-state index < -0.39 is 90.2 Å². The first-order chi connectivity index (χ1) is 23.5. The van der Waals surface area contributed by atoms with E-state index in [4.69, 9.17) is 28.4 Å². The maximum absolute atomic E-state index is 13.0. The van der Waals surface area contributed by atoms with Crippen molar-refractivity contribution < 1.29 is 58.7 Å². The van der Waals surface area contributed by atoms with Crippen molar-refractivity contribution in [2.45, 2.75) is 185 Å². The quantitative estimate of drug-likeness (QED) is 0.221.